The molecule has 4 heteroatoms. The van der Waals surface area contributed by atoms with Crippen LogP contribution >= 0.6 is 0 Å². The molecule has 1 N–H and O–H groups in total. The van der Waals surface area contributed by atoms with Crippen molar-refractivity contribution >= 4 is 5.82 Å². The zero-order valence-electron chi connectivity index (χ0n) is 9.57. The molecule has 0 atom stereocenters. The van der Waals surface area contributed by atoms with Gasteiger partial charge in [-0.15, -0.1) is 0 Å². The van der Waals surface area contributed by atoms with Crippen LogP contribution in [0.4, 0.5) is 5.82 Å². The first kappa shape index (κ1) is 10.9. The van der Waals surface area contributed by atoms with Gasteiger partial charge in [0.05, 0.1) is 0 Å². The summed E-state index contributed by atoms with van der Waals surface area (Å²) in [7, 11) is 0. The number of anilines is 1. The second kappa shape index (κ2) is 4.96. The smallest absolute Gasteiger partial charge is 0.219 e. The van der Waals surface area contributed by atoms with Gasteiger partial charge < -0.3 is 10.1 Å². The number of hydrogen-bond donors (Lipinski definition) is 1. The van der Waals surface area contributed by atoms with Gasteiger partial charge >= 0.3 is 0 Å². The number of rotatable bonds is 6. The van der Waals surface area contributed by atoms with Crippen molar-refractivity contribution in [3.05, 3.63) is 24.5 Å². The van der Waals surface area contributed by atoms with Crippen LogP contribution in [-0.2, 0) is 0 Å². The standard InChI is InChI=1S/C12H17N3O/c1-3-7-16-11-8-10(13-4-2)14-12(15-11)9-5-6-9/h3,8-9H,1,4-7H2,2H3,(H,13,14,15). The first-order valence-electron chi connectivity index (χ1n) is 5.70. The molecular weight excluding hydrogens is 202 g/mol. The molecule has 0 amide bonds. The van der Waals surface area contributed by atoms with E-state index < -0.39 is 0 Å². The molecule has 1 saturated carbocycles. The van der Waals surface area contributed by atoms with E-state index in [1.165, 1.54) is 12.8 Å². The molecule has 1 fully saturated rings. The van der Waals surface area contributed by atoms with Crippen LogP contribution in [0, 0.1) is 0 Å². The first-order valence-corrected chi connectivity index (χ1v) is 5.70. The largest absolute Gasteiger partial charge is 0.473 e. The van der Waals surface area contributed by atoms with Gasteiger partial charge in [0, 0.05) is 18.5 Å². The topological polar surface area (TPSA) is 47.0 Å². The van der Waals surface area contributed by atoms with E-state index in [2.05, 4.69) is 21.9 Å². The molecule has 0 saturated heterocycles. The van der Waals surface area contributed by atoms with Gasteiger partial charge in [0.15, 0.2) is 0 Å². The second-order valence-electron chi connectivity index (χ2n) is 3.85. The SMILES string of the molecule is C=CCOc1cc(NCC)nc(C2CC2)n1. The monoisotopic (exact) mass is 219 g/mol. The lowest BCUT2D eigenvalue weighted by molar-refractivity contribution is 0.346. The van der Waals surface area contributed by atoms with Crippen LogP contribution in [0.2, 0.25) is 0 Å². The van der Waals surface area contributed by atoms with E-state index in [1.54, 1.807) is 6.08 Å². The molecule has 4 nitrogen and oxygen atoms in total. The Labute approximate surface area is 95.8 Å². The third kappa shape index (κ3) is 2.72. The van der Waals surface area contributed by atoms with Crippen LogP contribution in [0.1, 0.15) is 31.5 Å². The third-order valence-electron chi connectivity index (χ3n) is 2.37. The summed E-state index contributed by atoms with van der Waals surface area (Å²) in [6.07, 6.45) is 4.10. The summed E-state index contributed by atoms with van der Waals surface area (Å²) in [5, 5.41) is 3.19. The van der Waals surface area contributed by atoms with Gasteiger partial charge in [-0.2, -0.15) is 4.98 Å². The third-order valence-corrected chi connectivity index (χ3v) is 2.37. The number of ether oxygens (including phenoxy) is 1. The highest BCUT2D eigenvalue weighted by atomic mass is 16.5. The molecule has 16 heavy (non-hydrogen) atoms. The maximum absolute atomic E-state index is 5.45. The van der Waals surface area contributed by atoms with Crippen LogP contribution in [-0.4, -0.2) is 23.1 Å². The minimum atomic E-state index is 0.479. The van der Waals surface area contributed by atoms with Crippen molar-refractivity contribution in [3.63, 3.8) is 0 Å². The summed E-state index contributed by atoms with van der Waals surface area (Å²) in [5.74, 6) is 2.91. The highest BCUT2D eigenvalue weighted by Crippen LogP contribution is 2.39. The quantitative estimate of drug-likeness (QED) is 0.746. The number of nitrogens with zero attached hydrogens (tertiary/aromatic N) is 2. The van der Waals surface area contributed by atoms with Crippen LogP contribution in [0.25, 0.3) is 0 Å². The van der Waals surface area contributed by atoms with E-state index in [0.29, 0.717) is 18.4 Å². The predicted molar refractivity (Wildman–Crippen MR) is 63.9 cm³/mol. The van der Waals surface area contributed by atoms with Gasteiger partial charge in [-0.05, 0) is 19.8 Å². The Bertz CT molecular complexity index is 375. The van der Waals surface area contributed by atoms with Crippen LogP contribution < -0.4 is 10.1 Å². The lowest BCUT2D eigenvalue weighted by atomic mass is 10.4. The zero-order valence-corrected chi connectivity index (χ0v) is 9.57. The fraction of sp³-hybridized carbons (Fsp3) is 0.500. The molecule has 0 radical (unpaired) electrons. The number of nitrogens with one attached hydrogen (secondary N) is 1. The predicted octanol–water partition coefficient (Wildman–Crippen LogP) is 2.35. The maximum atomic E-state index is 5.45. The van der Waals surface area contributed by atoms with Crippen molar-refractivity contribution in [2.45, 2.75) is 25.7 Å². The zero-order chi connectivity index (χ0) is 11.4. The summed E-state index contributed by atoms with van der Waals surface area (Å²) in [6, 6.07) is 1.83. The van der Waals surface area contributed by atoms with E-state index in [-0.39, 0.29) is 0 Å². The number of aromatic nitrogens is 2. The van der Waals surface area contributed by atoms with Crippen LogP contribution in [0.15, 0.2) is 18.7 Å². The normalized spacial score (nSPS) is 14.6. The van der Waals surface area contributed by atoms with E-state index in [0.717, 1.165) is 18.2 Å². The van der Waals surface area contributed by atoms with Crippen molar-refractivity contribution < 1.29 is 4.74 Å². The minimum absolute atomic E-state index is 0.479. The van der Waals surface area contributed by atoms with Crippen molar-refractivity contribution in [1.29, 1.82) is 0 Å². The molecule has 0 aromatic carbocycles. The molecule has 1 aromatic rings. The van der Waals surface area contributed by atoms with Gasteiger partial charge in [-0.3, -0.25) is 0 Å². The van der Waals surface area contributed by atoms with Crippen molar-refractivity contribution in [2.75, 3.05) is 18.5 Å². The van der Waals surface area contributed by atoms with E-state index in [4.69, 9.17) is 4.74 Å². The fourth-order valence-electron chi connectivity index (χ4n) is 1.46. The molecule has 1 aliphatic rings. The Morgan fingerprint density at radius 3 is 3.00 bits per heavy atom. The molecule has 0 aliphatic heterocycles. The van der Waals surface area contributed by atoms with Gasteiger partial charge in [0.2, 0.25) is 5.88 Å². The average Bonchev–Trinajstić information content (AvgIpc) is 3.10. The average molecular weight is 219 g/mol. The van der Waals surface area contributed by atoms with Gasteiger partial charge in [0.25, 0.3) is 0 Å². The van der Waals surface area contributed by atoms with E-state index in [9.17, 15) is 0 Å². The first-order chi connectivity index (χ1) is 7.83. The Morgan fingerprint density at radius 2 is 2.38 bits per heavy atom. The number of hydrogen-bond acceptors (Lipinski definition) is 4. The summed E-state index contributed by atoms with van der Waals surface area (Å²) >= 11 is 0. The highest BCUT2D eigenvalue weighted by Gasteiger charge is 2.27. The molecule has 1 heterocycles. The van der Waals surface area contributed by atoms with Gasteiger partial charge in [-0.25, -0.2) is 4.98 Å². The summed E-state index contributed by atoms with van der Waals surface area (Å²) in [6.45, 7) is 6.99. The fourth-order valence-corrected chi connectivity index (χ4v) is 1.46. The summed E-state index contributed by atoms with van der Waals surface area (Å²) in [5.41, 5.74) is 0. The molecule has 1 aromatic heterocycles. The van der Waals surface area contributed by atoms with Crippen molar-refractivity contribution in [3.8, 4) is 5.88 Å². The molecule has 86 valence electrons. The van der Waals surface area contributed by atoms with Crippen molar-refractivity contribution in [2.24, 2.45) is 0 Å². The molecule has 1 aliphatic carbocycles. The Morgan fingerprint density at radius 1 is 1.56 bits per heavy atom. The molecular formula is C12H17N3O. The van der Waals surface area contributed by atoms with E-state index in [1.807, 2.05) is 13.0 Å². The lowest BCUT2D eigenvalue weighted by Gasteiger charge is -2.08. The molecule has 0 bridgehead atoms. The lowest BCUT2D eigenvalue weighted by Crippen LogP contribution is -2.05. The minimum Gasteiger partial charge on any atom is -0.473 e. The van der Waals surface area contributed by atoms with Crippen LogP contribution in [0.5, 0.6) is 5.88 Å². The highest BCUT2D eigenvalue weighted by molar-refractivity contribution is 5.39. The molecule has 2 rings (SSSR count). The Kier molecular flexibility index (Phi) is 3.39. The Balaban J connectivity index is 2.17. The van der Waals surface area contributed by atoms with Gasteiger partial charge in [-0.1, -0.05) is 12.7 Å². The summed E-state index contributed by atoms with van der Waals surface area (Å²) in [4.78, 5) is 8.86. The maximum Gasteiger partial charge on any atom is 0.219 e. The second-order valence-corrected chi connectivity index (χ2v) is 3.85. The Hall–Kier alpha value is -1.58. The summed E-state index contributed by atoms with van der Waals surface area (Å²) < 4.78 is 5.45. The van der Waals surface area contributed by atoms with Crippen LogP contribution in [0.3, 0.4) is 0 Å². The molecule has 0 unspecified atom stereocenters. The van der Waals surface area contributed by atoms with E-state index >= 15 is 0 Å². The molecule has 0 spiro atoms. The van der Waals surface area contributed by atoms with Gasteiger partial charge in [0.1, 0.15) is 18.2 Å². The van der Waals surface area contributed by atoms with Crippen molar-refractivity contribution in [1.82, 2.24) is 9.97 Å².